The molecule has 0 radical (unpaired) electrons. The van der Waals surface area contributed by atoms with Crippen LogP contribution < -0.4 is 0 Å². The maximum atomic E-state index is 11.5. The van der Waals surface area contributed by atoms with E-state index in [9.17, 15) is 9.90 Å². The lowest BCUT2D eigenvalue weighted by molar-refractivity contribution is -0.133. The molecule has 82 valence electrons. The number of carbonyl (C=O) groups excluding carboxylic acids is 1. The molecule has 1 heterocycles. The van der Waals surface area contributed by atoms with Gasteiger partial charge in [0.15, 0.2) is 0 Å². The highest BCUT2D eigenvalue weighted by Gasteiger charge is 2.25. The van der Waals surface area contributed by atoms with E-state index >= 15 is 0 Å². The Bertz CT molecular complexity index is 197. The molecule has 1 aliphatic rings. The van der Waals surface area contributed by atoms with Gasteiger partial charge in [-0.1, -0.05) is 0 Å². The third-order valence-corrected chi connectivity index (χ3v) is 2.99. The number of amides is 1. The smallest absolute Gasteiger partial charge is 0.223 e. The molecule has 1 amide bonds. The molecule has 4 heteroatoms. The Hall–Kier alpha value is -0.280. The first-order valence-corrected chi connectivity index (χ1v) is 5.70. The third kappa shape index (κ3) is 3.14. The van der Waals surface area contributed by atoms with E-state index in [2.05, 4.69) is 0 Å². The molecule has 1 rings (SSSR count). The zero-order valence-corrected chi connectivity index (χ0v) is 9.33. The lowest BCUT2D eigenvalue weighted by Crippen LogP contribution is -2.42. The Balaban J connectivity index is 2.43. The van der Waals surface area contributed by atoms with Gasteiger partial charge >= 0.3 is 0 Å². The molecule has 0 aromatic carbocycles. The van der Waals surface area contributed by atoms with Gasteiger partial charge in [0.25, 0.3) is 0 Å². The fraction of sp³-hybridized carbons (Fsp3) is 0.900. The number of hydrogen-bond donors (Lipinski definition) is 1. The van der Waals surface area contributed by atoms with E-state index in [0.717, 1.165) is 19.4 Å². The van der Waals surface area contributed by atoms with Crippen molar-refractivity contribution in [1.82, 2.24) is 4.90 Å². The minimum Gasteiger partial charge on any atom is -0.393 e. The normalized spacial score (nSPS) is 24.8. The van der Waals surface area contributed by atoms with Crippen molar-refractivity contribution in [2.45, 2.75) is 32.3 Å². The number of carbonyl (C=O) groups is 1. The van der Waals surface area contributed by atoms with Crippen molar-refractivity contribution < 1.29 is 9.90 Å². The number of rotatable bonds is 3. The van der Waals surface area contributed by atoms with Gasteiger partial charge in [0.1, 0.15) is 0 Å². The highest BCUT2D eigenvalue weighted by Crippen LogP contribution is 2.20. The van der Waals surface area contributed by atoms with E-state index in [-0.39, 0.29) is 17.9 Å². The molecular formula is C10H18ClNO2. The van der Waals surface area contributed by atoms with Crippen molar-refractivity contribution in [3.05, 3.63) is 0 Å². The van der Waals surface area contributed by atoms with E-state index < -0.39 is 0 Å². The number of piperidine rings is 1. The molecule has 0 aromatic rings. The van der Waals surface area contributed by atoms with Crippen LogP contribution in [0, 0.1) is 5.92 Å². The number of halogens is 1. The molecule has 14 heavy (non-hydrogen) atoms. The summed E-state index contributed by atoms with van der Waals surface area (Å²) in [5.74, 6) is 0.739. The fourth-order valence-electron chi connectivity index (χ4n) is 1.87. The van der Waals surface area contributed by atoms with Crippen molar-refractivity contribution in [2.75, 3.05) is 19.0 Å². The summed E-state index contributed by atoms with van der Waals surface area (Å²) in [7, 11) is 0. The maximum Gasteiger partial charge on any atom is 0.223 e. The predicted octanol–water partition coefficient (Wildman–Crippen LogP) is 1.23. The zero-order chi connectivity index (χ0) is 10.6. The number of likely N-dealkylation sites (tertiary alicyclic amines) is 1. The van der Waals surface area contributed by atoms with Crippen LogP contribution in [-0.2, 0) is 4.79 Å². The SMILES string of the molecule is C[C@H](O)[C@H]1CCCN(C(=O)CCCl)C1. The molecule has 1 N–H and O–H groups in total. The number of alkyl halides is 1. The average molecular weight is 220 g/mol. The number of hydrogen-bond acceptors (Lipinski definition) is 2. The van der Waals surface area contributed by atoms with Crippen LogP contribution >= 0.6 is 11.6 Å². The van der Waals surface area contributed by atoms with Crippen LogP contribution in [0.1, 0.15) is 26.2 Å². The monoisotopic (exact) mass is 219 g/mol. The van der Waals surface area contributed by atoms with Crippen LogP contribution in [0.15, 0.2) is 0 Å². The van der Waals surface area contributed by atoms with Gasteiger partial charge < -0.3 is 10.0 Å². The molecule has 0 aromatic heterocycles. The second kappa shape index (κ2) is 5.56. The van der Waals surface area contributed by atoms with E-state index in [0.29, 0.717) is 18.8 Å². The minimum atomic E-state index is -0.318. The second-order valence-electron chi connectivity index (χ2n) is 3.92. The van der Waals surface area contributed by atoms with E-state index in [4.69, 9.17) is 11.6 Å². The number of aliphatic hydroxyl groups is 1. The van der Waals surface area contributed by atoms with Gasteiger partial charge in [-0.25, -0.2) is 0 Å². The van der Waals surface area contributed by atoms with E-state index in [1.807, 2.05) is 4.90 Å². The number of nitrogens with zero attached hydrogens (tertiary/aromatic N) is 1. The minimum absolute atomic E-state index is 0.116. The molecule has 1 fully saturated rings. The lowest BCUT2D eigenvalue weighted by atomic mass is 9.93. The van der Waals surface area contributed by atoms with E-state index in [1.54, 1.807) is 6.92 Å². The Kier molecular flexibility index (Phi) is 4.69. The van der Waals surface area contributed by atoms with Crippen LogP contribution in [0.3, 0.4) is 0 Å². The highest BCUT2D eigenvalue weighted by molar-refractivity contribution is 6.18. The quantitative estimate of drug-likeness (QED) is 0.726. The molecule has 0 spiro atoms. The van der Waals surface area contributed by atoms with Gasteiger partial charge in [0.2, 0.25) is 5.91 Å². The maximum absolute atomic E-state index is 11.5. The molecule has 1 saturated heterocycles. The summed E-state index contributed by atoms with van der Waals surface area (Å²) in [5, 5.41) is 9.44. The summed E-state index contributed by atoms with van der Waals surface area (Å²) < 4.78 is 0. The van der Waals surface area contributed by atoms with Crippen LogP contribution in [0.2, 0.25) is 0 Å². The van der Waals surface area contributed by atoms with Gasteiger partial charge in [0.05, 0.1) is 6.10 Å². The fourth-order valence-corrected chi connectivity index (χ4v) is 2.03. The summed E-state index contributed by atoms with van der Waals surface area (Å²) in [6.45, 7) is 3.30. The standard InChI is InChI=1S/C10H18ClNO2/c1-8(13)9-3-2-6-12(7-9)10(14)4-5-11/h8-9,13H,2-7H2,1H3/t8-,9-/m0/s1. The van der Waals surface area contributed by atoms with Crippen molar-refractivity contribution in [3.63, 3.8) is 0 Å². The predicted molar refractivity (Wildman–Crippen MR) is 56.3 cm³/mol. The first-order valence-electron chi connectivity index (χ1n) is 5.17. The van der Waals surface area contributed by atoms with Gasteiger partial charge in [0, 0.05) is 31.3 Å². The highest BCUT2D eigenvalue weighted by atomic mass is 35.5. The second-order valence-corrected chi connectivity index (χ2v) is 4.30. The largest absolute Gasteiger partial charge is 0.393 e. The summed E-state index contributed by atoms with van der Waals surface area (Å²) in [4.78, 5) is 13.3. The molecule has 3 nitrogen and oxygen atoms in total. The van der Waals surface area contributed by atoms with Gasteiger partial charge in [-0.15, -0.1) is 11.6 Å². The van der Waals surface area contributed by atoms with Gasteiger partial charge in [-0.3, -0.25) is 4.79 Å². The molecule has 0 bridgehead atoms. The molecule has 1 aliphatic heterocycles. The summed E-state index contributed by atoms with van der Waals surface area (Å²) >= 11 is 5.52. The van der Waals surface area contributed by atoms with Crippen LogP contribution in [-0.4, -0.2) is 41.0 Å². The van der Waals surface area contributed by atoms with Crippen molar-refractivity contribution in [2.24, 2.45) is 5.92 Å². The topological polar surface area (TPSA) is 40.5 Å². The average Bonchev–Trinajstić information content (AvgIpc) is 2.18. The Labute approximate surface area is 90.0 Å². The van der Waals surface area contributed by atoms with Crippen LogP contribution in [0.5, 0.6) is 0 Å². The Morgan fingerprint density at radius 1 is 1.71 bits per heavy atom. The van der Waals surface area contributed by atoms with E-state index in [1.165, 1.54) is 0 Å². The summed E-state index contributed by atoms with van der Waals surface area (Å²) in [6, 6.07) is 0. The van der Waals surface area contributed by atoms with Crippen LogP contribution in [0.4, 0.5) is 0 Å². The summed E-state index contributed by atoms with van der Waals surface area (Å²) in [5.41, 5.74) is 0. The molecule has 0 unspecified atom stereocenters. The van der Waals surface area contributed by atoms with Crippen molar-refractivity contribution >= 4 is 17.5 Å². The first-order chi connectivity index (χ1) is 6.65. The lowest BCUT2D eigenvalue weighted by Gasteiger charge is -2.34. The molecule has 0 aliphatic carbocycles. The Morgan fingerprint density at radius 3 is 3.00 bits per heavy atom. The Morgan fingerprint density at radius 2 is 2.43 bits per heavy atom. The van der Waals surface area contributed by atoms with Gasteiger partial charge in [-0.05, 0) is 19.8 Å². The number of aliphatic hydroxyl groups excluding tert-OH is 1. The zero-order valence-electron chi connectivity index (χ0n) is 8.58. The molecular weight excluding hydrogens is 202 g/mol. The first kappa shape index (κ1) is 11.8. The van der Waals surface area contributed by atoms with Gasteiger partial charge in [-0.2, -0.15) is 0 Å². The van der Waals surface area contributed by atoms with Crippen LogP contribution in [0.25, 0.3) is 0 Å². The summed E-state index contributed by atoms with van der Waals surface area (Å²) in [6.07, 6.45) is 2.10. The van der Waals surface area contributed by atoms with Crippen molar-refractivity contribution in [1.29, 1.82) is 0 Å². The third-order valence-electron chi connectivity index (χ3n) is 2.80. The molecule has 2 atom stereocenters. The van der Waals surface area contributed by atoms with Crippen molar-refractivity contribution in [3.8, 4) is 0 Å². The molecule has 0 saturated carbocycles.